The van der Waals surface area contributed by atoms with Crippen molar-refractivity contribution in [2.45, 2.75) is 17.9 Å². The summed E-state index contributed by atoms with van der Waals surface area (Å²) in [5.74, 6) is -0.196. The number of hydrogen-bond donors (Lipinski definition) is 1. The number of aliphatic hydroxyl groups is 1. The molecule has 0 aliphatic carbocycles. The summed E-state index contributed by atoms with van der Waals surface area (Å²) in [6, 6.07) is 11.1. The van der Waals surface area contributed by atoms with Crippen LogP contribution >= 0.6 is 39.3 Å². The Labute approximate surface area is 135 Å². The van der Waals surface area contributed by atoms with E-state index in [0.29, 0.717) is 10.2 Å². The summed E-state index contributed by atoms with van der Waals surface area (Å²) in [5.41, 5.74) is 1.36. The van der Waals surface area contributed by atoms with E-state index in [1.54, 1.807) is 12.1 Å². The predicted molar refractivity (Wildman–Crippen MR) is 86.0 cm³/mol. The molecule has 5 heteroatoms. The van der Waals surface area contributed by atoms with Crippen molar-refractivity contribution in [3.05, 3.63) is 62.8 Å². The van der Waals surface area contributed by atoms with Gasteiger partial charge in [0.2, 0.25) is 0 Å². The van der Waals surface area contributed by atoms with Gasteiger partial charge in [-0.05, 0) is 40.5 Å². The lowest BCUT2D eigenvalue weighted by atomic mass is 10.1. The molecule has 0 spiro atoms. The van der Waals surface area contributed by atoms with Crippen molar-refractivity contribution in [2.75, 3.05) is 5.75 Å². The van der Waals surface area contributed by atoms with Crippen molar-refractivity contribution in [2.24, 2.45) is 0 Å². The Kier molecular flexibility index (Phi) is 5.49. The molecule has 1 nitrogen and oxygen atoms in total. The Morgan fingerprint density at radius 1 is 1.30 bits per heavy atom. The third kappa shape index (κ3) is 3.55. The zero-order valence-electron chi connectivity index (χ0n) is 10.7. The molecule has 0 amide bonds. The van der Waals surface area contributed by atoms with Crippen LogP contribution in [0, 0.1) is 12.7 Å². The number of rotatable bonds is 4. The molecule has 1 N–H and O–H groups in total. The average Bonchev–Trinajstić information content (AvgIpc) is 2.44. The van der Waals surface area contributed by atoms with Gasteiger partial charge in [0.25, 0.3) is 0 Å². The Morgan fingerprint density at radius 3 is 2.70 bits per heavy atom. The Bertz CT molecular complexity index is 621. The maximum absolute atomic E-state index is 14.0. The highest BCUT2D eigenvalue weighted by atomic mass is 79.9. The molecule has 0 fully saturated rings. The zero-order chi connectivity index (χ0) is 14.7. The highest BCUT2D eigenvalue weighted by Gasteiger charge is 2.17. The van der Waals surface area contributed by atoms with Gasteiger partial charge in [-0.1, -0.05) is 35.9 Å². The van der Waals surface area contributed by atoms with Crippen LogP contribution in [0.3, 0.4) is 0 Å². The molecule has 20 heavy (non-hydrogen) atoms. The van der Waals surface area contributed by atoms with Gasteiger partial charge in [-0.25, -0.2) is 4.39 Å². The van der Waals surface area contributed by atoms with Gasteiger partial charge in [-0.2, -0.15) is 0 Å². The lowest BCUT2D eigenvalue weighted by Crippen LogP contribution is -2.04. The van der Waals surface area contributed by atoms with E-state index in [2.05, 4.69) is 15.9 Å². The van der Waals surface area contributed by atoms with Gasteiger partial charge in [0, 0.05) is 20.7 Å². The highest BCUT2D eigenvalue weighted by Crippen LogP contribution is 2.33. The fourth-order valence-electron chi connectivity index (χ4n) is 1.78. The first kappa shape index (κ1) is 15.8. The SMILES string of the molecule is Cc1ccccc1SCC(O)c1ccc(Br)c(Cl)c1F. The summed E-state index contributed by atoms with van der Waals surface area (Å²) in [6.07, 6.45) is -0.898. The molecule has 0 aliphatic rings. The third-order valence-corrected chi connectivity index (χ3v) is 5.42. The molecule has 1 unspecified atom stereocenters. The van der Waals surface area contributed by atoms with Crippen LogP contribution in [0.15, 0.2) is 45.8 Å². The van der Waals surface area contributed by atoms with Crippen LogP contribution in [0.2, 0.25) is 5.02 Å². The largest absolute Gasteiger partial charge is 0.387 e. The standard InChI is InChI=1S/C15H13BrClFOS/c1-9-4-2-3-5-13(9)20-8-12(19)10-6-7-11(16)14(17)15(10)18/h2-7,12,19H,8H2,1H3. The monoisotopic (exact) mass is 374 g/mol. The van der Waals surface area contributed by atoms with Gasteiger partial charge in [-0.3, -0.25) is 0 Å². The molecular weight excluding hydrogens is 363 g/mol. The van der Waals surface area contributed by atoms with Gasteiger partial charge in [0.05, 0.1) is 11.1 Å². The van der Waals surface area contributed by atoms with E-state index >= 15 is 0 Å². The second-order valence-corrected chi connectivity index (χ2v) is 6.65. The summed E-state index contributed by atoms with van der Waals surface area (Å²) in [7, 11) is 0. The number of hydrogen-bond acceptors (Lipinski definition) is 2. The molecule has 0 radical (unpaired) electrons. The summed E-state index contributed by atoms with van der Waals surface area (Å²) >= 11 is 10.5. The Morgan fingerprint density at radius 2 is 2.00 bits per heavy atom. The van der Waals surface area contributed by atoms with E-state index in [0.717, 1.165) is 10.5 Å². The molecule has 106 valence electrons. The van der Waals surface area contributed by atoms with Crippen molar-refractivity contribution < 1.29 is 9.50 Å². The Hall–Kier alpha value is -0.550. The molecule has 2 aromatic carbocycles. The number of aryl methyl sites for hydroxylation is 1. The van der Waals surface area contributed by atoms with Crippen LogP contribution < -0.4 is 0 Å². The lowest BCUT2D eigenvalue weighted by molar-refractivity contribution is 0.199. The first-order valence-corrected chi connectivity index (χ1v) is 8.16. The molecule has 0 saturated heterocycles. The second-order valence-electron chi connectivity index (χ2n) is 4.36. The van der Waals surface area contributed by atoms with Gasteiger partial charge in [0.1, 0.15) is 5.82 Å². The van der Waals surface area contributed by atoms with E-state index in [4.69, 9.17) is 11.6 Å². The lowest BCUT2D eigenvalue weighted by Gasteiger charge is -2.14. The van der Waals surface area contributed by atoms with E-state index < -0.39 is 11.9 Å². The number of aliphatic hydroxyl groups excluding tert-OH is 1. The third-order valence-electron chi connectivity index (χ3n) is 2.91. The number of halogens is 3. The van der Waals surface area contributed by atoms with Gasteiger partial charge in [0.15, 0.2) is 0 Å². The first-order valence-electron chi connectivity index (χ1n) is 6.00. The summed E-state index contributed by atoms with van der Waals surface area (Å²) in [5, 5.41) is 10.1. The van der Waals surface area contributed by atoms with Crippen molar-refractivity contribution in [3.63, 3.8) is 0 Å². The molecule has 0 saturated carbocycles. The van der Waals surface area contributed by atoms with Crippen molar-refractivity contribution in [1.29, 1.82) is 0 Å². The molecule has 1 atom stereocenters. The van der Waals surface area contributed by atoms with E-state index in [1.807, 2.05) is 31.2 Å². The minimum Gasteiger partial charge on any atom is -0.387 e. The summed E-state index contributed by atoms with van der Waals surface area (Å²) in [4.78, 5) is 1.08. The van der Waals surface area contributed by atoms with Crippen LogP contribution in [0.25, 0.3) is 0 Å². The van der Waals surface area contributed by atoms with Crippen LogP contribution in [0.1, 0.15) is 17.2 Å². The van der Waals surface area contributed by atoms with Crippen molar-refractivity contribution in [3.8, 4) is 0 Å². The normalized spacial score (nSPS) is 12.4. The highest BCUT2D eigenvalue weighted by molar-refractivity contribution is 9.10. The fourth-order valence-corrected chi connectivity index (χ4v) is 3.24. The maximum Gasteiger partial charge on any atom is 0.148 e. The zero-order valence-corrected chi connectivity index (χ0v) is 13.9. The molecular formula is C15H13BrClFOS. The first-order chi connectivity index (χ1) is 9.50. The minimum atomic E-state index is -0.898. The topological polar surface area (TPSA) is 20.2 Å². The van der Waals surface area contributed by atoms with Crippen LogP contribution in [0.5, 0.6) is 0 Å². The molecule has 0 aliphatic heterocycles. The van der Waals surface area contributed by atoms with E-state index in [9.17, 15) is 9.50 Å². The van der Waals surface area contributed by atoms with E-state index in [-0.39, 0.29) is 10.6 Å². The average molecular weight is 376 g/mol. The van der Waals surface area contributed by atoms with Crippen LogP contribution in [0.4, 0.5) is 4.39 Å². The number of thioether (sulfide) groups is 1. The molecule has 2 rings (SSSR count). The second kappa shape index (κ2) is 6.94. The molecule has 0 heterocycles. The minimum absolute atomic E-state index is 0.00226. The van der Waals surface area contributed by atoms with Crippen molar-refractivity contribution in [1.82, 2.24) is 0 Å². The predicted octanol–water partition coefficient (Wildman–Crippen LogP) is 5.38. The van der Waals surface area contributed by atoms with Gasteiger partial charge in [-0.15, -0.1) is 11.8 Å². The van der Waals surface area contributed by atoms with Crippen LogP contribution in [-0.2, 0) is 0 Å². The fraction of sp³-hybridized carbons (Fsp3) is 0.200. The molecule has 2 aromatic rings. The summed E-state index contributed by atoms with van der Waals surface area (Å²) in [6.45, 7) is 2.01. The Balaban J connectivity index is 2.11. The molecule has 0 bridgehead atoms. The smallest absolute Gasteiger partial charge is 0.148 e. The number of benzene rings is 2. The van der Waals surface area contributed by atoms with E-state index in [1.165, 1.54) is 11.8 Å². The van der Waals surface area contributed by atoms with Gasteiger partial charge >= 0.3 is 0 Å². The van der Waals surface area contributed by atoms with Crippen LogP contribution in [-0.4, -0.2) is 10.9 Å². The maximum atomic E-state index is 14.0. The molecule has 0 aromatic heterocycles. The van der Waals surface area contributed by atoms with Gasteiger partial charge < -0.3 is 5.11 Å². The quantitative estimate of drug-likeness (QED) is 0.572. The van der Waals surface area contributed by atoms with Crippen molar-refractivity contribution >= 4 is 39.3 Å². The summed E-state index contributed by atoms with van der Waals surface area (Å²) < 4.78 is 14.5.